The molecule has 1 aromatic carbocycles. The summed E-state index contributed by atoms with van der Waals surface area (Å²) >= 11 is 0. The third-order valence-electron chi connectivity index (χ3n) is 4.28. The second kappa shape index (κ2) is 8.18. The molecule has 0 saturated carbocycles. The summed E-state index contributed by atoms with van der Waals surface area (Å²) in [6, 6.07) is 6.19. The van der Waals surface area contributed by atoms with Crippen LogP contribution in [0.1, 0.15) is 36.8 Å². The summed E-state index contributed by atoms with van der Waals surface area (Å²) in [6.07, 6.45) is 4.80. The third kappa shape index (κ3) is 4.73. The first kappa shape index (κ1) is 16.8. The van der Waals surface area contributed by atoms with Gasteiger partial charge in [0.1, 0.15) is 5.75 Å². The number of aryl methyl sites for hydroxylation is 1. The number of ether oxygens (including phenoxy) is 1. The zero-order chi connectivity index (χ0) is 15.9. The second-order valence-corrected chi connectivity index (χ2v) is 6.27. The van der Waals surface area contributed by atoms with Crippen molar-refractivity contribution < 1.29 is 9.53 Å². The van der Waals surface area contributed by atoms with Crippen LogP contribution in [0.15, 0.2) is 18.2 Å². The number of carbonyl (C=O) groups excluding carboxylic acids is 1. The van der Waals surface area contributed by atoms with E-state index in [2.05, 4.69) is 17.0 Å². The molecule has 0 bridgehead atoms. The number of rotatable bonds is 5. The van der Waals surface area contributed by atoms with E-state index in [9.17, 15) is 4.79 Å². The van der Waals surface area contributed by atoms with Crippen molar-refractivity contribution in [2.45, 2.75) is 39.2 Å². The molecule has 0 N–H and O–H groups in total. The highest BCUT2D eigenvalue weighted by molar-refractivity contribution is 5.78. The molecule has 4 nitrogen and oxygen atoms in total. The van der Waals surface area contributed by atoms with E-state index in [1.807, 2.05) is 24.9 Å². The Labute approximate surface area is 134 Å². The highest BCUT2D eigenvalue weighted by atomic mass is 16.5. The minimum Gasteiger partial charge on any atom is -0.496 e. The van der Waals surface area contributed by atoms with E-state index < -0.39 is 0 Å². The Morgan fingerprint density at radius 2 is 1.91 bits per heavy atom. The molecule has 1 aromatic rings. The maximum atomic E-state index is 12.4. The molecule has 0 aromatic heterocycles. The summed E-state index contributed by atoms with van der Waals surface area (Å²) in [4.78, 5) is 16.5. The Hall–Kier alpha value is -1.55. The van der Waals surface area contributed by atoms with Gasteiger partial charge in [0.15, 0.2) is 0 Å². The number of nitrogens with zero attached hydrogens (tertiary/aromatic N) is 2. The lowest BCUT2D eigenvalue weighted by molar-refractivity contribution is -0.132. The standard InChI is InChI=1S/C18H28N2O2/c1-15-12-16(8-9-17(15)22-3)13-19(2)14-18(21)20-10-6-4-5-7-11-20/h8-9,12H,4-7,10-11,13-14H2,1-3H3. The van der Waals surface area contributed by atoms with Crippen molar-refractivity contribution in [1.82, 2.24) is 9.80 Å². The Bertz CT molecular complexity index is 494. The van der Waals surface area contributed by atoms with Gasteiger partial charge in [-0.3, -0.25) is 9.69 Å². The van der Waals surface area contributed by atoms with E-state index in [1.54, 1.807) is 7.11 Å². The van der Waals surface area contributed by atoms with Gasteiger partial charge in [0.25, 0.3) is 0 Å². The first-order chi connectivity index (χ1) is 10.6. The van der Waals surface area contributed by atoms with E-state index in [0.717, 1.165) is 43.8 Å². The fraction of sp³-hybridized carbons (Fsp3) is 0.611. The van der Waals surface area contributed by atoms with Gasteiger partial charge >= 0.3 is 0 Å². The van der Waals surface area contributed by atoms with Crippen LogP contribution in [0.2, 0.25) is 0 Å². The lowest BCUT2D eigenvalue weighted by Gasteiger charge is -2.24. The number of likely N-dealkylation sites (tertiary alicyclic amines) is 1. The van der Waals surface area contributed by atoms with Crippen molar-refractivity contribution >= 4 is 5.91 Å². The van der Waals surface area contributed by atoms with Crippen LogP contribution < -0.4 is 4.74 Å². The van der Waals surface area contributed by atoms with Gasteiger partial charge in [-0.25, -0.2) is 0 Å². The fourth-order valence-electron chi connectivity index (χ4n) is 3.06. The number of carbonyl (C=O) groups is 1. The van der Waals surface area contributed by atoms with Gasteiger partial charge in [-0.15, -0.1) is 0 Å². The SMILES string of the molecule is COc1ccc(CN(C)CC(=O)N2CCCCCC2)cc1C. The van der Waals surface area contributed by atoms with Crippen molar-refractivity contribution in [2.75, 3.05) is 33.8 Å². The highest BCUT2D eigenvalue weighted by Gasteiger charge is 2.17. The average Bonchev–Trinajstić information content (AvgIpc) is 2.76. The van der Waals surface area contributed by atoms with Crippen LogP contribution in [0.4, 0.5) is 0 Å². The molecule has 1 amide bonds. The van der Waals surface area contributed by atoms with Gasteiger partial charge in [-0.1, -0.05) is 25.0 Å². The van der Waals surface area contributed by atoms with E-state index in [-0.39, 0.29) is 5.91 Å². The summed E-state index contributed by atoms with van der Waals surface area (Å²) in [5.74, 6) is 1.17. The van der Waals surface area contributed by atoms with Crippen LogP contribution >= 0.6 is 0 Å². The lowest BCUT2D eigenvalue weighted by Crippen LogP contribution is -2.39. The molecule has 4 heteroatoms. The molecule has 1 heterocycles. The van der Waals surface area contributed by atoms with Gasteiger partial charge in [-0.05, 0) is 44.0 Å². The second-order valence-electron chi connectivity index (χ2n) is 6.27. The Morgan fingerprint density at radius 1 is 1.23 bits per heavy atom. The topological polar surface area (TPSA) is 32.8 Å². The van der Waals surface area contributed by atoms with Gasteiger partial charge in [0.05, 0.1) is 13.7 Å². The fourth-order valence-corrected chi connectivity index (χ4v) is 3.06. The molecular formula is C18H28N2O2. The van der Waals surface area contributed by atoms with Gasteiger partial charge in [0.2, 0.25) is 5.91 Å². The predicted octanol–water partition coefficient (Wildman–Crippen LogP) is 2.84. The molecule has 1 fully saturated rings. The molecule has 1 saturated heterocycles. The van der Waals surface area contributed by atoms with Crippen LogP contribution in [-0.2, 0) is 11.3 Å². The summed E-state index contributed by atoms with van der Waals surface area (Å²) < 4.78 is 5.29. The highest BCUT2D eigenvalue weighted by Crippen LogP contribution is 2.19. The smallest absolute Gasteiger partial charge is 0.236 e. The van der Waals surface area contributed by atoms with Crippen LogP contribution in [0.5, 0.6) is 5.75 Å². The maximum Gasteiger partial charge on any atom is 0.236 e. The lowest BCUT2D eigenvalue weighted by atomic mass is 10.1. The minimum atomic E-state index is 0.259. The largest absolute Gasteiger partial charge is 0.496 e. The van der Waals surface area contributed by atoms with Crippen LogP contribution in [0.25, 0.3) is 0 Å². The molecule has 0 radical (unpaired) electrons. The van der Waals surface area contributed by atoms with E-state index in [0.29, 0.717) is 6.54 Å². The molecule has 2 rings (SSSR count). The number of likely N-dealkylation sites (N-methyl/N-ethyl adjacent to an activating group) is 1. The van der Waals surface area contributed by atoms with Gasteiger partial charge < -0.3 is 9.64 Å². The number of benzene rings is 1. The number of amides is 1. The molecule has 1 aliphatic rings. The number of methoxy groups -OCH3 is 1. The molecule has 0 atom stereocenters. The van der Waals surface area contributed by atoms with Crippen LogP contribution in [0, 0.1) is 6.92 Å². The van der Waals surface area contributed by atoms with Crippen molar-refractivity contribution in [3.05, 3.63) is 29.3 Å². The summed E-state index contributed by atoms with van der Waals surface area (Å²) in [6.45, 7) is 5.17. The van der Waals surface area contributed by atoms with E-state index >= 15 is 0 Å². The summed E-state index contributed by atoms with van der Waals surface area (Å²) in [7, 11) is 3.70. The monoisotopic (exact) mass is 304 g/mol. The van der Waals surface area contributed by atoms with E-state index in [1.165, 1.54) is 18.4 Å². The van der Waals surface area contributed by atoms with Crippen LogP contribution in [0.3, 0.4) is 0 Å². The Kier molecular flexibility index (Phi) is 6.25. The summed E-state index contributed by atoms with van der Waals surface area (Å²) in [5.41, 5.74) is 2.34. The zero-order valence-electron chi connectivity index (χ0n) is 14.1. The molecule has 0 spiro atoms. The average molecular weight is 304 g/mol. The molecular weight excluding hydrogens is 276 g/mol. The normalized spacial score (nSPS) is 15.7. The first-order valence-electron chi connectivity index (χ1n) is 8.20. The minimum absolute atomic E-state index is 0.259. The number of hydrogen-bond acceptors (Lipinski definition) is 3. The molecule has 122 valence electrons. The molecule has 22 heavy (non-hydrogen) atoms. The predicted molar refractivity (Wildman–Crippen MR) is 89.1 cm³/mol. The van der Waals surface area contributed by atoms with Gasteiger partial charge in [0, 0.05) is 19.6 Å². The van der Waals surface area contributed by atoms with Crippen molar-refractivity contribution in [3.8, 4) is 5.75 Å². The van der Waals surface area contributed by atoms with Crippen LogP contribution in [-0.4, -0.2) is 49.5 Å². The molecule has 1 aliphatic heterocycles. The first-order valence-corrected chi connectivity index (χ1v) is 8.20. The van der Waals surface area contributed by atoms with Crippen molar-refractivity contribution in [1.29, 1.82) is 0 Å². The number of hydrogen-bond donors (Lipinski definition) is 0. The Balaban J connectivity index is 1.87. The van der Waals surface area contributed by atoms with Crippen molar-refractivity contribution in [2.24, 2.45) is 0 Å². The Morgan fingerprint density at radius 3 is 2.50 bits per heavy atom. The van der Waals surface area contributed by atoms with Gasteiger partial charge in [-0.2, -0.15) is 0 Å². The van der Waals surface area contributed by atoms with Crippen molar-refractivity contribution in [3.63, 3.8) is 0 Å². The molecule has 0 unspecified atom stereocenters. The maximum absolute atomic E-state index is 12.4. The quantitative estimate of drug-likeness (QED) is 0.838. The van der Waals surface area contributed by atoms with E-state index in [4.69, 9.17) is 4.74 Å². The zero-order valence-corrected chi connectivity index (χ0v) is 14.1. The molecule has 0 aliphatic carbocycles. The third-order valence-corrected chi connectivity index (χ3v) is 4.28. The summed E-state index contributed by atoms with van der Waals surface area (Å²) in [5, 5.41) is 0.